The number of anilines is 1. The second kappa shape index (κ2) is 4.41. The first-order valence-electron chi connectivity index (χ1n) is 5.01. The number of rotatable bonds is 2. The van der Waals surface area contributed by atoms with Crippen molar-refractivity contribution in [2.75, 3.05) is 12.3 Å². The fourth-order valence-corrected chi connectivity index (χ4v) is 1.73. The predicted molar refractivity (Wildman–Crippen MR) is 57.0 cm³/mol. The lowest BCUT2D eigenvalue weighted by molar-refractivity contribution is -0.0549. The van der Waals surface area contributed by atoms with E-state index in [1.54, 1.807) is 0 Å². The molecule has 0 aromatic carbocycles. The Morgan fingerprint density at radius 2 is 2.24 bits per heavy atom. The maximum absolute atomic E-state index is 11.5. The number of ether oxygens (including phenoxy) is 1. The molecule has 5 N–H and O–H groups in total. The zero-order chi connectivity index (χ0) is 12.6. The molecule has 0 spiro atoms. The van der Waals surface area contributed by atoms with Crippen LogP contribution in [0.2, 0.25) is 0 Å². The largest absolute Gasteiger partial charge is 1.00 e. The number of nitrogens with zero attached hydrogens (tertiary/aromatic N) is 2. The van der Waals surface area contributed by atoms with Gasteiger partial charge in [-0.1, -0.05) is 0 Å². The van der Waals surface area contributed by atoms with Crippen molar-refractivity contribution in [3.8, 4) is 0 Å². The Kier molecular flexibility index (Phi) is 3.11. The van der Waals surface area contributed by atoms with Gasteiger partial charge in [0.1, 0.15) is 24.1 Å². The lowest BCUT2D eigenvalue weighted by Gasteiger charge is -2.16. The number of aliphatic hydroxyl groups excluding tert-OH is 3. The Balaban J connectivity index is 0.00000162. The lowest BCUT2D eigenvalue weighted by Crippen LogP contribution is -2.36. The second-order valence-electron chi connectivity index (χ2n) is 3.77. The molecule has 8 heteroatoms. The van der Waals surface area contributed by atoms with Gasteiger partial charge in [0.15, 0.2) is 6.23 Å². The van der Waals surface area contributed by atoms with Gasteiger partial charge in [0, 0.05) is 6.20 Å². The van der Waals surface area contributed by atoms with E-state index in [1.165, 1.54) is 12.3 Å². The Morgan fingerprint density at radius 1 is 1.53 bits per heavy atom. The van der Waals surface area contributed by atoms with E-state index in [9.17, 15) is 15.0 Å². The number of aliphatic hydroxyl groups is 3. The van der Waals surface area contributed by atoms with Gasteiger partial charge >= 0.3 is 7.12 Å². The maximum atomic E-state index is 11.5. The van der Waals surface area contributed by atoms with Crippen LogP contribution in [0.1, 0.15) is 7.65 Å². The molecule has 0 amide bonds. The summed E-state index contributed by atoms with van der Waals surface area (Å²) >= 11 is 0. The smallest absolute Gasteiger partial charge is 0.394 e. The van der Waals surface area contributed by atoms with Crippen LogP contribution in [0.25, 0.3) is 0 Å². The highest BCUT2D eigenvalue weighted by Gasteiger charge is 2.43. The van der Waals surface area contributed by atoms with Gasteiger partial charge in [0.2, 0.25) is 0 Å². The van der Waals surface area contributed by atoms with Crippen LogP contribution in [0, 0.1) is 0 Å². The Bertz CT molecular complexity index is 468. The van der Waals surface area contributed by atoms with E-state index >= 15 is 0 Å². The molecular formula is C9H14N3O5+. The molecule has 2 rings (SSSR count). The summed E-state index contributed by atoms with van der Waals surface area (Å²) in [4.78, 5) is 15.0. The average molecular weight is 244 g/mol. The third kappa shape index (κ3) is 2.03. The highest BCUT2D eigenvalue weighted by atomic mass is 16.6. The van der Waals surface area contributed by atoms with Crippen molar-refractivity contribution in [2.24, 2.45) is 0 Å². The van der Waals surface area contributed by atoms with Gasteiger partial charge in [0.05, 0.1) is 6.61 Å². The van der Waals surface area contributed by atoms with Crippen molar-refractivity contribution >= 4 is 5.82 Å². The van der Waals surface area contributed by atoms with Crippen LogP contribution in [0.4, 0.5) is 5.82 Å². The van der Waals surface area contributed by atoms with Gasteiger partial charge in [-0.2, -0.15) is 4.98 Å². The summed E-state index contributed by atoms with van der Waals surface area (Å²) < 4.78 is 6.19. The highest BCUT2D eigenvalue weighted by molar-refractivity contribution is 5.23. The molecule has 0 unspecified atom stereocenters. The Hall–Kier alpha value is -1.48. The monoisotopic (exact) mass is 244 g/mol. The minimum absolute atomic E-state index is 0. The van der Waals surface area contributed by atoms with Crippen molar-refractivity contribution in [3.63, 3.8) is 0 Å². The Labute approximate surface area is 97.4 Å². The van der Waals surface area contributed by atoms with Crippen LogP contribution >= 0.6 is 0 Å². The SMILES string of the molecule is Nc1ccn([C@@H]2O[C@H](CO)[C@@H](O)[C@H]2O)c(=O)n1.[H+]. The molecule has 0 bridgehead atoms. The van der Waals surface area contributed by atoms with E-state index in [2.05, 4.69) is 4.98 Å². The highest BCUT2D eigenvalue weighted by Crippen LogP contribution is 2.27. The van der Waals surface area contributed by atoms with Crippen molar-refractivity contribution in [1.82, 2.24) is 9.55 Å². The van der Waals surface area contributed by atoms with Crippen molar-refractivity contribution < 1.29 is 21.5 Å². The molecule has 1 aromatic heterocycles. The molecule has 8 nitrogen and oxygen atoms in total. The number of nitrogen functional groups attached to an aromatic ring is 1. The maximum Gasteiger partial charge on any atom is 1.00 e. The van der Waals surface area contributed by atoms with Crippen LogP contribution in [-0.2, 0) is 4.74 Å². The summed E-state index contributed by atoms with van der Waals surface area (Å²) in [5.41, 5.74) is 4.63. The number of hydrogen-bond donors (Lipinski definition) is 4. The van der Waals surface area contributed by atoms with Crippen molar-refractivity contribution in [1.29, 1.82) is 0 Å². The van der Waals surface area contributed by atoms with Gasteiger partial charge in [0.25, 0.3) is 0 Å². The van der Waals surface area contributed by atoms with E-state index in [4.69, 9.17) is 15.6 Å². The fraction of sp³-hybridized carbons (Fsp3) is 0.556. The van der Waals surface area contributed by atoms with E-state index < -0.39 is 36.8 Å². The molecule has 1 saturated heterocycles. The molecule has 4 atom stereocenters. The normalized spacial score (nSPS) is 32.9. The average Bonchev–Trinajstić information content (AvgIpc) is 2.57. The first-order chi connectivity index (χ1) is 8.04. The molecule has 2 heterocycles. The van der Waals surface area contributed by atoms with E-state index in [0.29, 0.717) is 0 Å². The van der Waals surface area contributed by atoms with Gasteiger partial charge < -0.3 is 25.8 Å². The second-order valence-corrected chi connectivity index (χ2v) is 3.77. The van der Waals surface area contributed by atoms with E-state index in [0.717, 1.165) is 4.57 Å². The zero-order valence-corrected chi connectivity index (χ0v) is 8.80. The summed E-state index contributed by atoms with van der Waals surface area (Å²) in [5.74, 6) is 0.0537. The van der Waals surface area contributed by atoms with Gasteiger partial charge in [-0.15, -0.1) is 0 Å². The van der Waals surface area contributed by atoms with Crippen LogP contribution < -0.4 is 11.4 Å². The topological polar surface area (TPSA) is 131 Å². The summed E-state index contributed by atoms with van der Waals surface area (Å²) in [5, 5.41) is 28.2. The third-order valence-electron chi connectivity index (χ3n) is 2.64. The molecule has 94 valence electrons. The van der Waals surface area contributed by atoms with Gasteiger partial charge in [-0.25, -0.2) is 4.79 Å². The standard InChI is InChI=1S/C9H13N3O5/c10-5-1-2-12(9(16)11-5)8-7(15)6(14)4(3-13)17-8/h1-2,4,6-8,13-15H,3H2,(H2,10,11,16)/p+1/t4-,6-,7-,8-/m1/s1. The summed E-state index contributed by atoms with van der Waals surface area (Å²) in [6, 6.07) is 1.37. The summed E-state index contributed by atoms with van der Waals surface area (Å²) in [6.45, 7) is -0.453. The number of nitrogens with two attached hydrogens (primary N) is 1. The number of hydrogen-bond acceptors (Lipinski definition) is 7. The Morgan fingerprint density at radius 3 is 2.76 bits per heavy atom. The summed E-state index contributed by atoms with van der Waals surface area (Å²) in [6.07, 6.45) is -3.27. The van der Waals surface area contributed by atoms with E-state index in [1.807, 2.05) is 0 Å². The first-order valence-corrected chi connectivity index (χ1v) is 5.01. The van der Waals surface area contributed by atoms with Crippen LogP contribution in [0.3, 0.4) is 0 Å². The molecule has 0 aliphatic carbocycles. The summed E-state index contributed by atoms with van der Waals surface area (Å²) in [7, 11) is 0. The van der Waals surface area contributed by atoms with Crippen molar-refractivity contribution in [3.05, 3.63) is 22.7 Å². The zero-order valence-electron chi connectivity index (χ0n) is 9.80. The van der Waals surface area contributed by atoms with Crippen LogP contribution in [0.5, 0.6) is 0 Å². The minimum atomic E-state index is -1.31. The molecular weight excluding hydrogens is 230 g/mol. The first kappa shape index (κ1) is 12.0. The lowest BCUT2D eigenvalue weighted by atomic mass is 10.1. The number of aromatic nitrogens is 2. The molecule has 0 radical (unpaired) electrons. The predicted octanol–water partition coefficient (Wildman–Crippen LogP) is -2.45. The molecule has 1 aliphatic rings. The molecule has 0 saturated carbocycles. The molecule has 1 aromatic rings. The van der Waals surface area contributed by atoms with Crippen molar-refractivity contribution in [2.45, 2.75) is 24.5 Å². The van der Waals surface area contributed by atoms with Crippen LogP contribution in [-0.4, -0.2) is 49.8 Å². The minimum Gasteiger partial charge on any atom is -0.394 e. The van der Waals surface area contributed by atoms with E-state index in [-0.39, 0.29) is 7.24 Å². The fourth-order valence-electron chi connectivity index (χ4n) is 1.73. The molecule has 1 fully saturated rings. The molecule has 17 heavy (non-hydrogen) atoms. The van der Waals surface area contributed by atoms with Crippen LogP contribution in [0.15, 0.2) is 17.1 Å². The van der Waals surface area contributed by atoms with Gasteiger partial charge in [-0.05, 0) is 6.07 Å². The molecule has 1 aliphatic heterocycles. The van der Waals surface area contributed by atoms with Gasteiger partial charge in [-0.3, -0.25) is 4.57 Å². The third-order valence-corrected chi connectivity index (χ3v) is 2.64. The quantitative estimate of drug-likeness (QED) is 0.454.